The smallest absolute Gasteiger partial charge is 0.120 e. The molecule has 0 radical (unpaired) electrons. The molecule has 0 saturated carbocycles. The summed E-state index contributed by atoms with van der Waals surface area (Å²) < 4.78 is 0. The maximum Gasteiger partial charge on any atom is 0.120 e. The quantitative estimate of drug-likeness (QED) is 0.586. The first-order valence-corrected chi connectivity index (χ1v) is 4.46. The molecule has 0 saturated heterocycles. The van der Waals surface area contributed by atoms with Crippen molar-refractivity contribution in [2.45, 2.75) is 26.7 Å². The highest BCUT2D eigenvalue weighted by Gasteiger charge is 2.25. The third-order valence-corrected chi connectivity index (χ3v) is 2.53. The molecule has 66 valence electrons. The maximum absolute atomic E-state index is 10.2. The number of allylic oxidation sites excluding steroid dienone is 4. The molecule has 0 amide bonds. The standard InChI is InChI=1S/C11H16O/c1-11(2)8-4-3-6-10(11)7-5-9-12/h3-4,6,8-10H,5,7H2,1-2H3. The molecule has 1 atom stereocenters. The van der Waals surface area contributed by atoms with E-state index in [1.54, 1.807) is 0 Å². The van der Waals surface area contributed by atoms with Gasteiger partial charge in [0.1, 0.15) is 6.29 Å². The van der Waals surface area contributed by atoms with Crippen LogP contribution >= 0.6 is 0 Å². The van der Waals surface area contributed by atoms with Gasteiger partial charge in [-0.1, -0.05) is 38.2 Å². The third-order valence-electron chi connectivity index (χ3n) is 2.53. The number of carbonyl (C=O) groups is 1. The van der Waals surface area contributed by atoms with Gasteiger partial charge < -0.3 is 4.79 Å². The highest BCUT2D eigenvalue weighted by Crippen LogP contribution is 2.35. The molecule has 0 aromatic heterocycles. The molecule has 0 heterocycles. The van der Waals surface area contributed by atoms with Crippen LogP contribution in [0.1, 0.15) is 26.7 Å². The molecule has 12 heavy (non-hydrogen) atoms. The summed E-state index contributed by atoms with van der Waals surface area (Å²) in [6.07, 6.45) is 11.2. The molecule has 1 rings (SSSR count). The van der Waals surface area contributed by atoms with E-state index in [4.69, 9.17) is 0 Å². The van der Waals surface area contributed by atoms with E-state index in [-0.39, 0.29) is 5.41 Å². The van der Waals surface area contributed by atoms with E-state index in [0.29, 0.717) is 12.3 Å². The molecule has 0 aliphatic heterocycles. The molecule has 0 aromatic rings. The van der Waals surface area contributed by atoms with Crippen LogP contribution in [0, 0.1) is 11.3 Å². The van der Waals surface area contributed by atoms with Gasteiger partial charge in [0.15, 0.2) is 0 Å². The van der Waals surface area contributed by atoms with Crippen molar-refractivity contribution in [3.63, 3.8) is 0 Å². The van der Waals surface area contributed by atoms with Crippen molar-refractivity contribution in [2.75, 3.05) is 0 Å². The van der Waals surface area contributed by atoms with Crippen LogP contribution in [0.2, 0.25) is 0 Å². The summed E-state index contributed by atoms with van der Waals surface area (Å²) in [6.45, 7) is 4.42. The summed E-state index contributed by atoms with van der Waals surface area (Å²) in [5, 5.41) is 0. The summed E-state index contributed by atoms with van der Waals surface area (Å²) in [6, 6.07) is 0. The number of rotatable bonds is 3. The van der Waals surface area contributed by atoms with E-state index < -0.39 is 0 Å². The fourth-order valence-corrected chi connectivity index (χ4v) is 1.59. The second kappa shape index (κ2) is 3.70. The third kappa shape index (κ3) is 2.07. The normalized spacial score (nSPS) is 25.7. The van der Waals surface area contributed by atoms with Crippen LogP contribution in [0.25, 0.3) is 0 Å². The molecule has 1 nitrogen and oxygen atoms in total. The van der Waals surface area contributed by atoms with Crippen LogP contribution in [0.5, 0.6) is 0 Å². The van der Waals surface area contributed by atoms with Gasteiger partial charge in [-0.2, -0.15) is 0 Å². The lowest BCUT2D eigenvalue weighted by Crippen LogP contribution is -2.21. The fourth-order valence-electron chi connectivity index (χ4n) is 1.59. The molecular weight excluding hydrogens is 148 g/mol. The van der Waals surface area contributed by atoms with E-state index in [2.05, 4.69) is 38.2 Å². The highest BCUT2D eigenvalue weighted by molar-refractivity contribution is 5.49. The zero-order valence-corrected chi connectivity index (χ0v) is 7.79. The largest absolute Gasteiger partial charge is 0.303 e. The van der Waals surface area contributed by atoms with Crippen LogP contribution in [0.4, 0.5) is 0 Å². The molecule has 0 fully saturated rings. The van der Waals surface area contributed by atoms with Crippen LogP contribution in [-0.2, 0) is 4.79 Å². The number of carbonyl (C=O) groups excluding carboxylic acids is 1. The van der Waals surface area contributed by atoms with Crippen molar-refractivity contribution in [3.05, 3.63) is 24.3 Å². The fraction of sp³-hybridized carbons (Fsp3) is 0.545. The van der Waals surface area contributed by atoms with Gasteiger partial charge in [-0.05, 0) is 17.8 Å². The zero-order chi connectivity index (χ0) is 9.03. The molecule has 0 N–H and O–H groups in total. The Kier molecular flexibility index (Phi) is 2.85. The molecular formula is C11H16O. The first-order chi connectivity index (χ1) is 5.67. The molecule has 0 bridgehead atoms. The topological polar surface area (TPSA) is 17.1 Å². The van der Waals surface area contributed by atoms with Crippen molar-refractivity contribution in [1.29, 1.82) is 0 Å². The van der Waals surface area contributed by atoms with Crippen LogP contribution in [0.3, 0.4) is 0 Å². The molecule has 1 aliphatic rings. The first kappa shape index (κ1) is 9.24. The Bertz CT molecular complexity index is 211. The molecule has 1 unspecified atom stereocenters. The summed E-state index contributed by atoms with van der Waals surface area (Å²) in [7, 11) is 0. The van der Waals surface area contributed by atoms with Crippen molar-refractivity contribution in [3.8, 4) is 0 Å². The van der Waals surface area contributed by atoms with E-state index in [0.717, 1.165) is 12.7 Å². The Hall–Kier alpha value is -0.850. The average molecular weight is 164 g/mol. The molecule has 1 heteroatoms. The lowest BCUT2D eigenvalue weighted by atomic mass is 9.74. The van der Waals surface area contributed by atoms with E-state index in [9.17, 15) is 4.79 Å². The molecule has 1 aliphatic carbocycles. The molecule has 0 spiro atoms. The van der Waals surface area contributed by atoms with Gasteiger partial charge in [0.25, 0.3) is 0 Å². The molecule has 0 aromatic carbocycles. The Morgan fingerprint density at radius 3 is 2.75 bits per heavy atom. The summed E-state index contributed by atoms with van der Waals surface area (Å²) in [4.78, 5) is 10.2. The highest BCUT2D eigenvalue weighted by atomic mass is 16.1. The summed E-state index contributed by atoms with van der Waals surface area (Å²) in [5.74, 6) is 0.521. The monoisotopic (exact) mass is 164 g/mol. The van der Waals surface area contributed by atoms with Gasteiger partial charge in [-0.25, -0.2) is 0 Å². The van der Waals surface area contributed by atoms with Gasteiger partial charge >= 0.3 is 0 Å². The van der Waals surface area contributed by atoms with Gasteiger partial charge in [0, 0.05) is 6.42 Å². The van der Waals surface area contributed by atoms with Crippen molar-refractivity contribution in [2.24, 2.45) is 11.3 Å². The van der Waals surface area contributed by atoms with Crippen molar-refractivity contribution < 1.29 is 4.79 Å². The van der Waals surface area contributed by atoms with Gasteiger partial charge in [-0.3, -0.25) is 0 Å². The van der Waals surface area contributed by atoms with E-state index in [1.165, 1.54) is 0 Å². The first-order valence-electron chi connectivity index (χ1n) is 4.46. The van der Waals surface area contributed by atoms with Crippen molar-refractivity contribution >= 4 is 6.29 Å². The zero-order valence-electron chi connectivity index (χ0n) is 7.79. The van der Waals surface area contributed by atoms with Crippen LogP contribution in [0.15, 0.2) is 24.3 Å². The second-order valence-electron chi connectivity index (χ2n) is 3.92. The predicted octanol–water partition coefficient (Wildman–Crippen LogP) is 2.73. The Morgan fingerprint density at radius 2 is 2.17 bits per heavy atom. The second-order valence-corrected chi connectivity index (χ2v) is 3.92. The number of aldehydes is 1. The summed E-state index contributed by atoms with van der Waals surface area (Å²) >= 11 is 0. The lowest BCUT2D eigenvalue weighted by molar-refractivity contribution is -0.108. The lowest BCUT2D eigenvalue weighted by Gasteiger charge is -2.30. The Balaban J connectivity index is 2.57. The van der Waals surface area contributed by atoms with Gasteiger partial charge in [0.2, 0.25) is 0 Å². The number of hydrogen-bond donors (Lipinski definition) is 0. The minimum absolute atomic E-state index is 0.220. The van der Waals surface area contributed by atoms with E-state index in [1.807, 2.05) is 0 Å². The van der Waals surface area contributed by atoms with Gasteiger partial charge in [0.05, 0.1) is 0 Å². The van der Waals surface area contributed by atoms with Gasteiger partial charge in [-0.15, -0.1) is 0 Å². The SMILES string of the molecule is CC1(C)C=CC=CC1CCC=O. The van der Waals surface area contributed by atoms with Crippen LogP contribution in [-0.4, -0.2) is 6.29 Å². The average Bonchev–Trinajstić information content (AvgIpc) is 2.02. The summed E-state index contributed by atoms with van der Waals surface area (Å²) in [5.41, 5.74) is 0.220. The minimum Gasteiger partial charge on any atom is -0.303 e. The van der Waals surface area contributed by atoms with Crippen molar-refractivity contribution in [1.82, 2.24) is 0 Å². The number of hydrogen-bond acceptors (Lipinski definition) is 1. The van der Waals surface area contributed by atoms with Crippen LogP contribution < -0.4 is 0 Å². The maximum atomic E-state index is 10.2. The Morgan fingerprint density at radius 1 is 1.42 bits per heavy atom. The Labute approximate surface area is 74.2 Å². The predicted molar refractivity (Wildman–Crippen MR) is 50.8 cm³/mol. The minimum atomic E-state index is 0.220. The van der Waals surface area contributed by atoms with E-state index >= 15 is 0 Å².